The lowest BCUT2D eigenvalue weighted by molar-refractivity contribution is 0.239. The fraction of sp³-hybridized carbons (Fsp3) is 0.167. The molecule has 0 amide bonds. The van der Waals surface area contributed by atoms with E-state index < -0.39 is 0 Å². The Labute approximate surface area is 150 Å². The zero-order valence-corrected chi connectivity index (χ0v) is 15.8. The fourth-order valence-electron chi connectivity index (χ4n) is 2.34. The topological polar surface area (TPSA) is 39.4 Å². The van der Waals surface area contributed by atoms with Crippen LogP contribution in [0.2, 0.25) is 0 Å². The maximum absolute atomic E-state index is 12.8. The van der Waals surface area contributed by atoms with Crippen LogP contribution >= 0.6 is 31.9 Å². The van der Waals surface area contributed by atoms with E-state index in [0.717, 1.165) is 5.56 Å². The lowest BCUT2D eigenvalue weighted by atomic mass is 10.1. The van der Waals surface area contributed by atoms with E-state index in [1.54, 1.807) is 6.07 Å². The molecule has 118 valence electrons. The summed E-state index contributed by atoms with van der Waals surface area (Å²) in [6.45, 7) is 3.88. The Morgan fingerprint density at radius 1 is 1.13 bits per heavy atom. The predicted octanol–water partition coefficient (Wildman–Crippen LogP) is 5.77. The molecule has 0 aliphatic carbocycles. The van der Waals surface area contributed by atoms with E-state index >= 15 is 0 Å². The van der Waals surface area contributed by atoms with Gasteiger partial charge in [0.15, 0.2) is 11.3 Å². The first kappa shape index (κ1) is 16.3. The second kappa shape index (κ2) is 6.49. The number of rotatable bonds is 3. The van der Waals surface area contributed by atoms with Crippen molar-refractivity contribution in [1.82, 2.24) is 0 Å². The van der Waals surface area contributed by atoms with Gasteiger partial charge in [-0.15, -0.1) is 0 Å². The van der Waals surface area contributed by atoms with E-state index in [9.17, 15) is 4.79 Å². The van der Waals surface area contributed by atoms with Gasteiger partial charge >= 0.3 is 0 Å². The van der Waals surface area contributed by atoms with Gasteiger partial charge in [-0.05, 0) is 57.3 Å². The van der Waals surface area contributed by atoms with Crippen LogP contribution in [-0.2, 0) is 0 Å². The maximum Gasteiger partial charge on any atom is 0.200 e. The summed E-state index contributed by atoms with van der Waals surface area (Å²) in [6, 6.07) is 11.2. The molecule has 0 aliphatic heterocycles. The van der Waals surface area contributed by atoms with Gasteiger partial charge in [0.1, 0.15) is 10.7 Å². The number of halogens is 2. The highest BCUT2D eigenvalue weighted by Gasteiger charge is 2.18. The first-order chi connectivity index (χ1) is 11.0. The average Bonchev–Trinajstić information content (AvgIpc) is 2.53. The van der Waals surface area contributed by atoms with E-state index in [0.29, 0.717) is 31.2 Å². The lowest BCUT2D eigenvalue weighted by Gasteiger charge is -2.14. The molecule has 0 spiro atoms. The summed E-state index contributed by atoms with van der Waals surface area (Å²) in [5.41, 5.74) is 1.77. The van der Waals surface area contributed by atoms with Crippen LogP contribution in [0.1, 0.15) is 13.8 Å². The molecule has 3 aromatic rings. The van der Waals surface area contributed by atoms with Crippen LogP contribution in [-0.4, -0.2) is 6.10 Å². The third-order valence-corrected chi connectivity index (χ3v) is 4.66. The maximum atomic E-state index is 12.8. The summed E-state index contributed by atoms with van der Waals surface area (Å²) in [6.07, 6.45) is 1.51. The van der Waals surface area contributed by atoms with Crippen molar-refractivity contribution in [2.75, 3.05) is 0 Å². The molecule has 1 aromatic heterocycles. The Kier molecular flexibility index (Phi) is 4.60. The minimum Gasteiger partial charge on any atom is -0.488 e. The molecule has 2 aromatic carbocycles. The molecule has 3 rings (SSSR count). The van der Waals surface area contributed by atoms with Gasteiger partial charge in [0.2, 0.25) is 5.43 Å². The SMILES string of the molecule is CC(C)Oc1c(Br)cc2c(=O)c(-c3ccccc3)coc2c1Br. The van der Waals surface area contributed by atoms with Crippen LogP contribution in [0.15, 0.2) is 60.8 Å². The van der Waals surface area contributed by atoms with Crippen molar-refractivity contribution in [3.63, 3.8) is 0 Å². The van der Waals surface area contributed by atoms with Crippen LogP contribution in [0.3, 0.4) is 0 Å². The van der Waals surface area contributed by atoms with Crippen LogP contribution in [0.4, 0.5) is 0 Å². The quantitative estimate of drug-likeness (QED) is 0.521. The Morgan fingerprint density at radius 2 is 1.83 bits per heavy atom. The number of benzene rings is 2. The smallest absolute Gasteiger partial charge is 0.200 e. The van der Waals surface area contributed by atoms with Gasteiger partial charge in [-0.25, -0.2) is 0 Å². The van der Waals surface area contributed by atoms with Crippen LogP contribution in [0.5, 0.6) is 5.75 Å². The molecular formula is C18H14Br2O3. The molecule has 0 aliphatic rings. The first-order valence-corrected chi connectivity index (χ1v) is 8.73. The summed E-state index contributed by atoms with van der Waals surface area (Å²) in [5, 5.41) is 0.501. The molecule has 1 heterocycles. The summed E-state index contributed by atoms with van der Waals surface area (Å²) < 4.78 is 12.9. The molecule has 0 unspecified atom stereocenters. The second-order valence-electron chi connectivity index (χ2n) is 5.39. The van der Waals surface area contributed by atoms with E-state index in [1.165, 1.54) is 6.26 Å². The van der Waals surface area contributed by atoms with Crippen molar-refractivity contribution in [1.29, 1.82) is 0 Å². The highest BCUT2D eigenvalue weighted by atomic mass is 79.9. The van der Waals surface area contributed by atoms with E-state index in [-0.39, 0.29) is 11.5 Å². The Morgan fingerprint density at radius 3 is 2.48 bits per heavy atom. The molecule has 3 nitrogen and oxygen atoms in total. The number of ether oxygens (including phenoxy) is 1. The minimum atomic E-state index is -0.0741. The third kappa shape index (κ3) is 3.08. The van der Waals surface area contributed by atoms with Crippen LogP contribution in [0.25, 0.3) is 22.1 Å². The van der Waals surface area contributed by atoms with Gasteiger partial charge in [-0.3, -0.25) is 4.79 Å². The molecule has 23 heavy (non-hydrogen) atoms. The molecular weight excluding hydrogens is 424 g/mol. The van der Waals surface area contributed by atoms with Gasteiger partial charge < -0.3 is 9.15 Å². The Hall–Kier alpha value is -1.59. The summed E-state index contributed by atoms with van der Waals surface area (Å²) in [5.74, 6) is 0.628. The standard InChI is InChI=1S/C18H14Br2O3/c1-10(2)23-18-14(19)8-12-16(21)13(9-22-17(12)15(18)20)11-6-4-3-5-7-11/h3-10H,1-2H3. The molecule has 0 N–H and O–H groups in total. The number of hydrogen-bond acceptors (Lipinski definition) is 3. The van der Waals surface area contributed by atoms with Crippen molar-refractivity contribution in [2.24, 2.45) is 0 Å². The zero-order chi connectivity index (χ0) is 16.6. The third-order valence-electron chi connectivity index (χ3n) is 3.35. The average molecular weight is 438 g/mol. The van der Waals surface area contributed by atoms with Crippen molar-refractivity contribution in [2.45, 2.75) is 20.0 Å². The van der Waals surface area contributed by atoms with Crippen molar-refractivity contribution < 1.29 is 9.15 Å². The molecule has 0 saturated carbocycles. The molecule has 5 heteroatoms. The highest BCUT2D eigenvalue weighted by Crippen LogP contribution is 2.39. The minimum absolute atomic E-state index is 0.00960. The highest BCUT2D eigenvalue weighted by molar-refractivity contribution is 9.11. The first-order valence-electron chi connectivity index (χ1n) is 7.14. The molecule has 0 saturated heterocycles. The zero-order valence-electron chi connectivity index (χ0n) is 12.6. The fourth-order valence-corrected chi connectivity index (χ4v) is 3.75. The summed E-state index contributed by atoms with van der Waals surface area (Å²) in [4.78, 5) is 12.8. The largest absolute Gasteiger partial charge is 0.488 e. The van der Waals surface area contributed by atoms with E-state index in [1.807, 2.05) is 44.2 Å². The van der Waals surface area contributed by atoms with Crippen molar-refractivity contribution >= 4 is 42.8 Å². The predicted molar refractivity (Wildman–Crippen MR) is 99.1 cm³/mol. The van der Waals surface area contributed by atoms with Crippen LogP contribution in [0, 0.1) is 0 Å². The molecule has 0 bridgehead atoms. The van der Waals surface area contributed by atoms with E-state index in [4.69, 9.17) is 9.15 Å². The molecule has 0 fully saturated rings. The number of hydrogen-bond donors (Lipinski definition) is 0. The monoisotopic (exact) mass is 436 g/mol. The Balaban J connectivity index is 2.26. The number of fused-ring (bicyclic) bond motifs is 1. The van der Waals surface area contributed by atoms with Crippen molar-refractivity contribution in [3.05, 3.63) is 61.8 Å². The van der Waals surface area contributed by atoms with Gasteiger partial charge in [0.05, 0.1) is 21.5 Å². The van der Waals surface area contributed by atoms with Gasteiger partial charge in [0, 0.05) is 0 Å². The van der Waals surface area contributed by atoms with E-state index in [2.05, 4.69) is 31.9 Å². The van der Waals surface area contributed by atoms with Gasteiger partial charge in [-0.1, -0.05) is 30.3 Å². The van der Waals surface area contributed by atoms with Gasteiger partial charge in [0.25, 0.3) is 0 Å². The van der Waals surface area contributed by atoms with Crippen LogP contribution < -0.4 is 10.2 Å². The summed E-state index contributed by atoms with van der Waals surface area (Å²) in [7, 11) is 0. The Bertz CT molecular complexity index is 915. The van der Waals surface area contributed by atoms with Crippen molar-refractivity contribution in [3.8, 4) is 16.9 Å². The lowest BCUT2D eigenvalue weighted by Crippen LogP contribution is -2.09. The second-order valence-corrected chi connectivity index (χ2v) is 7.04. The van der Waals surface area contributed by atoms with Gasteiger partial charge in [-0.2, -0.15) is 0 Å². The molecule has 0 atom stereocenters. The normalized spacial score (nSPS) is 11.2. The molecule has 0 radical (unpaired) electrons. The summed E-state index contributed by atoms with van der Waals surface area (Å²) >= 11 is 6.96.